The Bertz CT molecular complexity index is 890. The van der Waals surface area contributed by atoms with Gasteiger partial charge in [0.15, 0.2) is 0 Å². The summed E-state index contributed by atoms with van der Waals surface area (Å²) >= 11 is 0. The van der Waals surface area contributed by atoms with E-state index < -0.39 is 11.7 Å². The number of hydrogen-bond donors (Lipinski definition) is 1. The molecule has 1 heterocycles. The lowest BCUT2D eigenvalue weighted by Crippen LogP contribution is -2.34. The van der Waals surface area contributed by atoms with Crippen molar-refractivity contribution < 1.29 is 14.4 Å². The molecule has 1 amide bonds. The highest BCUT2D eigenvalue weighted by molar-refractivity contribution is 5.82. The van der Waals surface area contributed by atoms with Gasteiger partial charge in [0.2, 0.25) is 0 Å². The maximum Gasteiger partial charge on any atom is 0.268 e. The summed E-state index contributed by atoms with van der Waals surface area (Å²) in [7, 11) is 0. The van der Waals surface area contributed by atoms with Crippen molar-refractivity contribution in [1.29, 1.82) is 0 Å². The van der Waals surface area contributed by atoms with Crippen LogP contribution in [0.3, 0.4) is 0 Å². The van der Waals surface area contributed by atoms with Crippen LogP contribution in [0.5, 0.6) is 0 Å². The molecule has 0 saturated carbocycles. The molecular weight excluding hydrogens is 295 g/mol. The number of para-hydroxylation sites is 1. The summed E-state index contributed by atoms with van der Waals surface area (Å²) < 4.78 is 14.3. The molecule has 4 nitrogen and oxygen atoms in total. The van der Waals surface area contributed by atoms with Gasteiger partial charge >= 0.3 is 0 Å². The van der Waals surface area contributed by atoms with Gasteiger partial charge in [-0.3, -0.25) is 10.0 Å². The highest BCUT2D eigenvalue weighted by atomic mass is 19.1. The normalized spacial score (nSPS) is 14.6. The van der Waals surface area contributed by atoms with Gasteiger partial charge in [-0.1, -0.05) is 44.2 Å². The third-order valence-electron chi connectivity index (χ3n) is 3.85. The maximum absolute atomic E-state index is 14.3. The van der Waals surface area contributed by atoms with E-state index >= 15 is 0 Å². The zero-order chi connectivity index (χ0) is 16.6. The van der Waals surface area contributed by atoms with Gasteiger partial charge in [-0.2, -0.15) is 0 Å². The Kier molecular flexibility index (Phi) is 3.96. The number of nitrogens with zero attached hydrogens (tertiary/aromatic N) is 2. The SMILES string of the molecule is CC(C)c1cccc2c1=NC(=O)CN(O)C=2c1ccccc1F. The van der Waals surface area contributed by atoms with Gasteiger partial charge in [0.05, 0.1) is 11.1 Å². The standard InChI is InChI=1S/C18H17FN2O2/c1-11(2)12-7-5-8-14-17(12)20-16(22)10-21(23)18(14)13-6-3-4-9-15(13)19/h3-9,11,23H,10H2,1-2H3. The Hall–Kier alpha value is -2.53. The minimum absolute atomic E-state index is 0.147. The smallest absolute Gasteiger partial charge is 0.268 e. The van der Waals surface area contributed by atoms with Gasteiger partial charge in [-0.05, 0) is 23.6 Å². The first-order valence-electron chi connectivity index (χ1n) is 7.45. The summed E-state index contributed by atoms with van der Waals surface area (Å²) in [5, 5.41) is 12.2. The van der Waals surface area contributed by atoms with Crippen LogP contribution in [0.2, 0.25) is 0 Å². The van der Waals surface area contributed by atoms with Crippen molar-refractivity contribution in [1.82, 2.24) is 5.06 Å². The van der Waals surface area contributed by atoms with Crippen molar-refractivity contribution in [3.05, 3.63) is 70.0 Å². The van der Waals surface area contributed by atoms with Crippen molar-refractivity contribution in [2.45, 2.75) is 19.8 Å². The van der Waals surface area contributed by atoms with Crippen molar-refractivity contribution in [2.75, 3.05) is 6.54 Å². The second kappa shape index (κ2) is 5.93. The molecule has 0 saturated heterocycles. The zero-order valence-electron chi connectivity index (χ0n) is 13.0. The highest BCUT2D eigenvalue weighted by Gasteiger charge is 2.21. The maximum atomic E-state index is 14.3. The molecule has 0 aliphatic carbocycles. The van der Waals surface area contributed by atoms with E-state index in [2.05, 4.69) is 4.99 Å². The lowest BCUT2D eigenvalue weighted by Gasteiger charge is -2.18. The summed E-state index contributed by atoms with van der Waals surface area (Å²) in [5.74, 6) is -0.779. The first-order chi connectivity index (χ1) is 11.0. The Labute approximate surface area is 133 Å². The molecule has 0 bridgehead atoms. The lowest BCUT2D eigenvalue weighted by molar-refractivity contribution is -0.125. The molecule has 0 atom stereocenters. The third kappa shape index (κ3) is 2.75. The molecule has 23 heavy (non-hydrogen) atoms. The molecule has 0 fully saturated rings. The van der Waals surface area contributed by atoms with E-state index in [4.69, 9.17) is 0 Å². The van der Waals surface area contributed by atoms with Crippen LogP contribution in [0.1, 0.15) is 30.9 Å². The summed E-state index contributed by atoms with van der Waals surface area (Å²) in [6.45, 7) is 3.69. The molecule has 0 radical (unpaired) electrons. The number of carbonyl (C=O) groups is 1. The van der Waals surface area contributed by atoms with E-state index in [1.807, 2.05) is 26.0 Å². The van der Waals surface area contributed by atoms with Gasteiger partial charge in [0.1, 0.15) is 12.4 Å². The van der Waals surface area contributed by atoms with E-state index in [1.54, 1.807) is 24.3 Å². The second-order valence-electron chi connectivity index (χ2n) is 5.79. The van der Waals surface area contributed by atoms with Crippen LogP contribution in [0, 0.1) is 5.82 Å². The molecule has 3 rings (SSSR count). The molecule has 2 aromatic carbocycles. The van der Waals surface area contributed by atoms with E-state index in [9.17, 15) is 14.4 Å². The van der Waals surface area contributed by atoms with E-state index in [0.29, 0.717) is 10.6 Å². The van der Waals surface area contributed by atoms with E-state index in [1.165, 1.54) is 6.07 Å². The number of amides is 1. The molecule has 2 aromatic rings. The average molecular weight is 312 g/mol. The quantitative estimate of drug-likeness (QED) is 0.922. The summed E-state index contributed by atoms with van der Waals surface area (Å²) in [6, 6.07) is 11.6. The minimum Gasteiger partial charge on any atom is -0.288 e. The van der Waals surface area contributed by atoms with Crippen LogP contribution in [-0.4, -0.2) is 22.7 Å². The highest BCUT2D eigenvalue weighted by Crippen LogP contribution is 2.19. The lowest BCUT2D eigenvalue weighted by atomic mass is 9.99. The Morgan fingerprint density at radius 2 is 1.91 bits per heavy atom. The largest absolute Gasteiger partial charge is 0.288 e. The zero-order valence-corrected chi connectivity index (χ0v) is 13.0. The fourth-order valence-corrected chi connectivity index (χ4v) is 2.79. The number of halogens is 1. The van der Waals surface area contributed by atoms with Crippen LogP contribution in [0.25, 0.3) is 5.70 Å². The fourth-order valence-electron chi connectivity index (χ4n) is 2.79. The van der Waals surface area contributed by atoms with Gasteiger partial charge in [0, 0.05) is 10.8 Å². The second-order valence-corrected chi connectivity index (χ2v) is 5.79. The summed E-state index contributed by atoms with van der Waals surface area (Å²) in [6.07, 6.45) is 0. The Morgan fingerprint density at radius 1 is 1.17 bits per heavy atom. The molecule has 0 spiro atoms. The predicted molar refractivity (Wildman–Crippen MR) is 83.7 cm³/mol. The topological polar surface area (TPSA) is 52.9 Å². The van der Waals surface area contributed by atoms with Crippen LogP contribution in [0.4, 0.5) is 4.39 Å². The fraction of sp³-hybridized carbons (Fsp3) is 0.222. The molecule has 1 aliphatic heterocycles. The molecule has 5 heteroatoms. The van der Waals surface area contributed by atoms with Crippen molar-refractivity contribution in [2.24, 2.45) is 4.99 Å². The van der Waals surface area contributed by atoms with Crippen LogP contribution in [-0.2, 0) is 4.79 Å². The number of hydrogen-bond acceptors (Lipinski definition) is 3. The molecule has 1 N–H and O–H groups in total. The van der Waals surface area contributed by atoms with Gasteiger partial charge in [0.25, 0.3) is 5.91 Å². The molecule has 0 aromatic heterocycles. The number of hydroxylamine groups is 2. The molecule has 118 valence electrons. The Morgan fingerprint density at radius 3 is 2.61 bits per heavy atom. The van der Waals surface area contributed by atoms with E-state index in [-0.39, 0.29) is 23.7 Å². The average Bonchev–Trinajstić information content (AvgIpc) is 2.62. The van der Waals surface area contributed by atoms with E-state index in [0.717, 1.165) is 10.6 Å². The van der Waals surface area contributed by atoms with Gasteiger partial charge in [-0.25, -0.2) is 14.4 Å². The van der Waals surface area contributed by atoms with Crippen molar-refractivity contribution >= 4 is 11.6 Å². The monoisotopic (exact) mass is 312 g/mol. The van der Waals surface area contributed by atoms with Crippen molar-refractivity contribution in [3.8, 4) is 0 Å². The number of carbonyl (C=O) groups excluding carboxylic acids is 1. The minimum atomic E-state index is -0.465. The Balaban J connectivity index is 2.48. The third-order valence-corrected chi connectivity index (χ3v) is 3.85. The van der Waals surface area contributed by atoms with Crippen LogP contribution in [0.15, 0.2) is 47.5 Å². The molecular formula is C18H17FN2O2. The van der Waals surface area contributed by atoms with Gasteiger partial charge < -0.3 is 0 Å². The summed E-state index contributed by atoms with van der Waals surface area (Å²) in [5.41, 5.74) is 1.39. The first kappa shape index (κ1) is 15.4. The summed E-state index contributed by atoms with van der Waals surface area (Å²) in [4.78, 5) is 16.2. The van der Waals surface area contributed by atoms with Gasteiger partial charge in [-0.15, -0.1) is 0 Å². The number of fused-ring (bicyclic) bond motifs is 1. The number of benzene rings is 2. The van der Waals surface area contributed by atoms with Crippen LogP contribution >= 0.6 is 0 Å². The number of rotatable bonds is 2. The van der Waals surface area contributed by atoms with Crippen LogP contribution < -0.4 is 10.6 Å². The molecule has 0 unspecified atom stereocenters. The molecule has 1 aliphatic rings. The predicted octanol–water partition coefficient (Wildman–Crippen LogP) is 1.96. The first-order valence-corrected chi connectivity index (χ1v) is 7.45. The van der Waals surface area contributed by atoms with Crippen molar-refractivity contribution in [3.63, 3.8) is 0 Å².